The predicted octanol–water partition coefficient (Wildman–Crippen LogP) is 5.50. The van der Waals surface area contributed by atoms with Crippen LogP contribution in [-0.4, -0.2) is 106 Å². The van der Waals surface area contributed by atoms with Gasteiger partial charge in [0.05, 0.1) is 43.0 Å². The summed E-state index contributed by atoms with van der Waals surface area (Å²) in [6, 6.07) is 10.1. The van der Waals surface area contributed by atoms with Crippen molar-refractivity contribution in [3.05, 3.63) is 94.1 Å². The number of ether oxygens (including phenoxy) is 3. The molecule has 0 aromatic heterocycles. The van der Waals surface area contributed by atoms with Crippen LogP contribution in [0.2, 0.25) is 0 Å². The molecular formula is C42H55N3O11. The SMILES string of the molecule is C=CCOC12Oc3ccc(O)cc3C3C(CCCCO)C(CCCCO)C=C(C(=NOCC)CC1N(CCOCCO)C(=O)C=Cc1ccc([N+](=O)[O-])cc1)C32. The zero-order valence-corrected chi connectivity index (χ0v) is 32.0. The number of phenolic OH excluding ortho intramolecular Hbond substituents is 1. The number of aliphatic hydroxyl groups is 3. The van der Waals surface area contributed by atoms with Gasteiger partial charge in [-0.3, -0.25) is 14.9 Å². The molecule has 1 saturated carbocycles. The number of aliphatic hydroxyl groups excluding tert-OH is 3. The molecule has 0 saturated heterocycles. The van der Waals surface area contributed by atoms with Gasteiger partial charge in [0.1, 0.15) is 24.1 Å². The first kappa shape index (κ1) is 42.5. The standard InChI is InChI=1S/C42H55N3O11/c1-3-23-54-42-38(44(19-24-53-25-22-48)39(50)18-13-29-11-14-31(15-12-29)45(51)52)28-36(43-55-4-2)34-26-30(9-5-7-20-46)33(10-6-8-21-47)40(41(34)42)35-27-32(49)16-17-37(35)56-42/h3,11-18,26-27,30,33,38,40-41,46-49H,1,4-10,19-25,28H2,2H3. The Morgan fingerprint density at radius 3 is 2.50 bits per heavy atom. The number of non-ortho nitro benzene ring substituents is 1. The van der Waals surface area contributed by atoms with Crippen molar-refractivity contribution >= 4 is 23.4 Å². The summed E-state index contributed by atoms with van der Waals surface area (Å²) in [5.41, 5.74) is 2.82. The van der Waals surface area contributed by atoms with Gasteiger partial charge in [-0.15, -0.1) is 6.58 Å². The topological polar surface area (TPSA) is 194 Å². The molecule has 6 atom stereocenters. The number of allylic oxidation sites excluding steroid dienone is 1. The van der Waals surface area contributed by atoms with E-state index in [-0.39, 0.29) is 81.8 Å². The maximum Gasteiger partial charge on any atom is 0.269 e. The molecule has 2 aliphatic carbocycles. The largest absolute Gasteiger partial charge is 0.508 e. The van der Waals surface area contributed by atoms with E-state index in [1.165, 1.54) is 18.2 Å². The van der Waals surface area contributed by atoms with E-state index >= 15 is 0 Å². The number of carbonyl (C=O) groups is 1. The smallest absolute Gasteiger partial charge is 0.269 e. The number of aromatic hydroxyl groups is 1. The number of phenols is 1. The van der Waals surface area contributed by atoms with Crippen molar-refractivity contribution in [2.75, 3.05) is 52.8 Å². The molecule has 14 nitrogen and oxygen atoms in total. The van der Waals surface area contributed by atoms with Crippen LogP contribution in [0.1, 0.15) is 68.9 Å². The van der Waals surface area contributed by atoms with Gasteiger partial charge in [-0.1, -0.05) is 30.1 Å². The van der Waals surface area contributed by atoms with Gasteiger partial charge in [0.25, 0.3) is 5.69 Å². The lowest BCUT2D eigenvalue weighted by Crippen LogP contribution is -2.70. The molecule has 304 valence electrons. The first-order valence-corrected chi connectivity index (χ1v) is 19.5. The van der Waals surface area contributed by atoms with E-state index in [0.717, 1.165) is 36.8 Å². The molecular weight excluding hydrogens is 722 g/mol. The number of nitro groups is 1. The number of carbonyl (C=O) groups excluding carboxylic acids is 1. The van der Waals surface area contributed by atoms with Gasteiger partial charge in [-0.05, 0) is 92.0 Å². The van der Waals surface area contributed by atoms with E-state index in [1.54, 1.807) is 47.4 Å². The number of oxime groups is 1. The summed E-state index contributed by atoms with van der Waals surface area (Å²) in [7, 11) is 0. The van der Waals surface area contributed by atoms with Crippen LogP contribution in [0.4, 0.5) is 5.69 Å². The van der Waals surface area contributed by atoms with Crippen LogP contribution < -0.4 is 4.74 Å². The Morgan fingerprint density at radius 2 is 1.82 bits per heavy atom. The molecule has 2 aromatic carbocycles. The highest BCUT2D eigenvalue weighted by Crippen LogP contribution is 2.61. The fraction of sp³-hybridized carbons (Fsp3) is 0.524. The molecule has 6 unspecified atom stereocenters. The molecule has 3 aliphatic rings. The summed E-state index contributed by atoms with van der Waals surface area (Å²) < 4.78 is 19.7. The van der Waals surface area contributed by atoms with Crippen molar-refractivity contribution in [3.8, 4) is 11.5 Å². The summed E-state index contributed by atoms with van der Waals surface area (Å²) in [6.45, 7) is 6.35. The number of benzene rings is 2. The Labute approximate surface area is 327 Å². The van der Waals surface area contributed by atoms with Crippen molar-refractivity contribution in [1.29, 1.82) is 0 Å². The third kappa shape index (κ3) is 9.67. The molecule has 2 aromatic rings. The van der Waals surface area contributed by atoms with Crippen LogP contribution in [0.15, 0.2) is 78.0 Å². The molecule has 1 heterocycles. The zero-order chi connectivity index (χ0) is 40.1. The molecule has 56 heavy (non-hydrogen) atoms. The van der Waals surface area contributed by atoms with E-state index in [0.29, 0.717) is 36.5 Å². The van der Waals surface area contributed by atoms with Crippen LogP contribution in [0, 0.1) is 27.9 Å². The Balaban J connectivity index is 1.71. The second-order valence-corrected chi connectivity index (χ2v) is 14.3. The lowest BCUT2D eigenvalue weighted by atomic mass is 9.55. The molecule has 0 spiro atoms. The van der Waals surface area contributed by atoms with E-state index in [4.69, 9.17) is 19.0 Å². The number of amides is 1. The van der Waals surface area contributed by atoms with Crippen LogP contribution in [0.25, 0.3) is 6.08 Å². The van der Waals surface area contributed by atoms with Gasteiger partial charge >= 0.3 is 0 Å². The number of rotatable bonds is 22. The maximum atomic E-state index is 14.6. The minimum Gasteiger partial charge on any atom is -0.508 e. The van der Waals surface area contributed by atoms with Gasteiger partial charge in [0, 0.05) is 55.9 Å². The highest BCUT2D eigenvalue weighted by atomic mass is 16.7. The Bertz CT molecular complexity index is 1730. The van der Waals surface area contributed by atoms with Crippen molar-refractivity contribution < 1.29 is 49.2 Å². The third-order valence-corrected chi connectivity index (χ3v) is 10.9. The average molecular weight is 778 g/mol. The lowest BCUT2D eigenvalue weighted by Gasteiger charge is -2.60. The first-order valence-electron chi connectivity index (χ1n) is 19.5. The number of nitrogens with zero attached hydrogens (tertiary/aromatic N) is 3. The number of unbranched alkanes of at least 4 members (excludes halogenated alkanes) is 2. The van der Waals surface area contributed by atoms with Gasteiger partial charge in [-0.25, -0.2) is 0 Å². The highest BCUT2D eigenvalue weighted by molar-refractivity contribution is 6.03. The molecule has 4 N–H and O–H groups in total. The Hall–Kier alpha value is -4.60. The van der Waals surface area contributed by atoms with Crippen LogP contribution >= 0.6 is 0 Å². The third-order valence-electron chi connectivity index (χ3n) is 10.9. The van der Waals surface area contributed by atoms with E-state index < -0.39 is 28.6 Å². The normalized spacial score (nSPS) is 24.5. The molecule has 0 bridgehead atoms. The zero-order valence-electron chi connectivity index (χ0n) is 32.0. The second kappa shape index (κ2) is 20.5. The van der Waals surface area contributed by atoms with E-state index in [2.05, 4.69) is 17.8 Å². The van der Waals surface area contributed by atoms with Crippen molar-refractivity contribution in [2.24, 2.45) is 22.9 Å². The summed E-state index contributed by atoms with van der Waals surface area (Å²) in [5, 5.41) is 55.8. The van der Waals surface area contributed by atoms with Crippen LogP contribution in [0.5, 0.6) is 11.5 Å². The number of nitro benzene ring substituents is 1. The summed E-state index contributed by atoms with van der Waals surface area (Å²) in [4.78, 5) is 32.7. The first-order chi connectivity index (χ1) is 27.2. The number of hydrogen-bond donors (Lipinski definition) is 4. The summed E-state index contributed by atoms with van der Waals surface area (Å²) in [5.74, 6) is -2.11. The van der Waals surface area contributed by atoms with Crippen molar-refractivity contribution in [3.63, 3.8) is 0 Å². The maximum absolute atomic E-state index is 14.6. The Morgan fingerprint density at radius 1 is 1.07 bits per heavy atom. The minimum absolute atomic E-state index is 0.00341. The van der Waals surface area contributed by atoms with Crippen LogP contribution in [-0.2, 0) is 19.1 Å². The molecule has 1 fully saturated rings. The molecule has 1 aliphatic heterocycles. The van der Waals surface area contributed by atoms with Gasteiger partial charge in [0.15, 0.2) is 0 Å². The minimum atomic E-state index is -1.50. The van der Waals surface area contributed by atoms with Crippen molar-refractivity contribution in [2.45, 2.75) is 69.6 Å². The number of hydrogen-bond acceptors (Lipinski definition) is 12. The fourth-order valence-electron chi connectivity index (χ4n) is 8.52. The summed E-state index contributed by atoms with van der Waals surface area (Å²) in [6.07, 6.45) is 11.4. The molecule has 5 rings (SSSR count). The van der Waals surface area contributed by atoms with Gasteiger partial charge in [-0.2, -0.15) is 0 Å². The monoisotopic (exact) mass is 777 g/mol. The quantitative estimate of drug-likeness (QED) is 0.0388. The summed E-state index contributed by atoms with van der Waals surface area (Å²) >= 11 is 0. The van der Waals surface area contributed by atoms with Crippen molar-refractivity contribution in [1.82, 2.24) is 4.90 Å². The molecule has 14 heteroatoms. The number of fused-ring (bicyclic) bond motifs is 2. The lowest BCUT2D eigenvalue weighted by molar-refractivity contribution is -0.384. The van der Waals surface area contributed by atoms with E-state index in [9.17, 15) is 35.3 Å². The van der Waals surface area contributed by atoms with Gasteiger partial charge < -0.3 is 44.4 Å². The average Bonchev–Trinajstić information content (AvgIpc) is 3.20. The molecule has 1 amide bonds. The highest BCUT2D eigenvalue weighted by Gasteiger charge is 2.65. The van der Waals surface area contributed by atoms with E-state index in [1.807, 2.05) is 6.92 Å². The van der Waals surface area contributed by atoms with Gasteiger partial charge in [0.2, 0.25) is 11.7 Å². The van der Waals surface area contributed by atoms with Crippen LogP contribution in [0.3, 0.4) is 0 Å². The fourth-order valence-corrected chi connectivity index (χ4v) is 8.52. The predicted molar refractivity (Wildman–Crippen MR) is 210 cm³/mol. The second-order valence-electron chi connectivity index (χ2n) is 14.3. The molecule has 0 radical (unpaired) electrons. The Kier molecular flexibility index (Phi) is 15.6.